The highest BCUT2D eigenvalue weighted by molar-refractivity contribution is 7.14. The maximum Gasteiger partial charge on any atom is 0.304 e. The van der Waals surface area contributed by atoms with Crippen LogP contribution in [0, 0.1) is 5.92 Å². The number of hydrogen-bond acceptors (Lipinski definition) is 6. The zero-order chi connectivity index (χ0) is 24.8. The van der Waals surface area contributed by atoms with Crippen molar-refractivity contribution in [3.8, 4) is 28.3 Å². The molecule has 1 amide bonds. The second kappa shape index (κ2) is 10.9. The average Bonchev–Trinajstić information content (AvgIpc) is 3.38. The lowest BCUT2D eigenvalue weighted by atomic mass is 9.95. The summed E-state index contributed by atoms with van der Waals surface area (Å²) in [4.78, 5) is 35.3. The molecule has 8 heteroatoms. The minimum Gasteiger partial charge on any atom is -0.481 e. The van der Waals surface area contributed by atoms with Crippen molar-refractivity contribution < 1.29 is 19.4 Å². The summed E-state index contributed by atoms with van der Waals surface area (Å²) in [5.41, 5.74) is 4.27. The number of benzene rings is 2. The lowest BCUT2D eigenvalue weighted by Crippen LogP contribution is -2.35. The van der Waals surface area contributed by atoms with Crippen LogP contribution in [-0.4, -0.2) is 41.1 Å². The fourth-order valence-corrected chi connectivity index (χ4v) is 4.76. The van der Waals surface area contributed by atoms with E-state index in [1.807, 2.05) is 72.1 Å². The van der Waals surface area contributed by atoms with Gasteiger partial charge in [-0.2, -0.15) is 0 Å². The number of anilines is 1. The van der Waals surface area contributed by atoms with Gasteiger partial charge in [-0.3, -0.25) is 14.5 Å². The molecule has 0 saturated carbocycles. The fraction of sp³-hybridized carbons (Fsp3) is 0.185. The highest BCUT2D eigenvalue weighted by atomic mass is 32.1. The molecule has 4 rings (SSSR count). The van der Waals surface area contributed by atoms with Crippen LogP contribution in [0.1, 0.15) is 12.0 Å². The van der Waals surface area contributed by atoms with Gasteiger partial charge in [-0.1, -0.05) is 54.6 Å². The van der Waals surface area contributed by atoms with Crippen LogP contribution in [0.25, 0.3) is 22.4 Å². The SMILES string of the molecule is COc1ncccc1-c1ccccc1-c1csc(N(C)C(=O)[C@@H](CC(=O)O)Cc2ccccc2)n1. The number of rotatable bonds is 9. The van der Waals surface area contributed by atoms with Gasteiger partial charge in [0.25, 0.3) is 0 Å². The van der Waals surface area contributed by atoms with Crippen molar-refractivity contribution in [2.45, 2.75) is 12.8 Å². The largest absolute Gasteiger partial charge is 0.481 e. The van der Waals surface area contributed by atoms with Gasteiger partial charge in [-0.05, 0) is 29.7 Å². The molecule has 1 N–H and O–H groups in total. The Hall–Kier alpha value is -4.04. The van der Waals surface area contributed by atoms with Gasteiger partial charge in [-0.15, -0.1) is 11.3 Å². The Balaban J connectivity index is 1.62. The van der Waals surface area contributed by atoms with E-state index in [2.05, 4.69) is 4.98 Å². The van der Waals surface area contributed by atoms with Crippen molar-refractivity contribution in [1.29, 1.82) is 0 Å². The van der Waals surface area contributed by atoms with Gasteiger partial charge in [-0.25, -0.2) is 9.97 Å². The average molecular weight is 488 g/mol. The summed E-state index contributed by atoms with van der Waals surface area (Å²) >= 11 is 1.34. The van der Waals surface area contributed by atoms with Gasteiger partial charge in [0, 0.05) is 29.8 Å². The summed E-state index contributed by atoms with van der Waals surface area (Å²) in [6.45, 7) is 0. The smallest absolute Gasteiger partial charge is 0.304 e. The van der Waals surface area contributed by atoms with E-state index in [9.17, 15) is 14.7 Å². The van der Waals surface area contributed by atoms with Gasteiger partial charge >= 0.3 is 5.97 Å². The summed E-state index contributed by atoms with van der Waals surface area (Å²) in [6.07, 6.45) is 1.77. The van der Waals surface area contributed by atoms with E-state index in [0.717, 1.165) is 22.3 Å². The Labute approximate surface area is 207 Å². The number of carbonyl (C=O) groups is 2. The van der Waals surface area contributed by atoms with Crippen LogP contribution in [0.2, 0.25) is 0 Å². The molecule has 0 radical (unpaired) electrons. The minimum atomic E-state index is -1.01. The van der Waals surface area contributed by atoms with Gasteiger partial charge < -0.3 is 9.84 Å². The van der Waals surface area contributed by atoms with Crippen LogP contribution in [0.4, 0.5) is 5.13 Å². The molecule has 2 heterocycles. The Bertz CT molecular complexity index is 1320. The molecule has 1 atom stereocenters. The highest BCUT2D eigenvalue weighted by Crippen LogP contribution is 2.37. The first kappa shape index (κ1) is 24.1. The Morgan fingerprint density at radius 2 is 1.69 bits per heavy atom. The Morgan fingerprint density at radius 1 is 1.00 bits per heavy atom. The lowest BCUT2D eigenvalue weighted by Gasteiger charge is -2.21. The number of carbonyl (C=O) groups excluding carboxylic acids is 1. The minimum absolute atomic E-state index is 0.250. The van der Waals surface area contributed by atoms with Crippen LogP contribution >= 0.6 is 11.3 Å². The first-order chi connectivity index (χ1) is 17.0. The highest BCUT2D eigenvalue weighted by Gasteiger charge is 2.27. The zero-order valence-electron chi connectivity index (χ0n) is 19.4. The number of hydrogen-bond donors (Lipinski definition) is 1. The van der Waals surface area contributed by atoms with E-state index >= 15 is 0 Å². The monoisotopic (exact) mass is 487 g/mol. The van der Waals surface area contributed by atoms with Gasteiger partial charge in [0.1, 0.15) is 0 Å². The van der Waals surface area contributed by atoms with Crippen molar-refractivity contribution in [2.24, 2.45) is 5.92 Å². The van der Waals surface area contributed by atoms with Crippen LogP contribution in [0.3, 0.4) is 0 Å². The second-order valence-corrected chi connectivity index (χ2v) is 8.84. The number of ether oxygens (including phenoxy) is 1. The van der Waals surface area contributed by atoms with Crippen LogP contribution in [0.5, 0.6) is 5.88 Å². The fourth-order valence-electron chi connectivity index (χ4n) is 3.97. The molecule has 7 nitrogen and oxygen atoms in total. The molecular formula is C27H25N3O4S. The maximum atomic E-state index is 13.3. The molecule has 0 bridgehead atoms. The van der Waals surface area contributed by atoms with Gasteiger partial charge in [0.05, 0.1) is 25.1 Å². The molecular weight excluding hydrogens is 462 g/mol. The molecule has 0 aliphatic heterocycles. The van der Waals surface area contributed by atoms with Crippen molar-refractivity contribution in [3.63, 3.8) is 0 Å². The quantitative estimate of drug-likeness (QED) is 0.350. The molecule has 4 aromatic rings. The number of carboxylic acid groups (broad SMARTS) is 1. The predicted octanol–water partition coefficient (Wildman–Crippen LogP) is 5.18. The number of amides is 1. The Morgan fingerprint density at radius 3 is 2.40 bits per heavy atom. The number of nitrogens with zero attached hydrogens (tertiary/aromatic N) is 3. The summed E-state index contributed by atoms with van der Waals surface area (Å²) in [5.74, 6) is -1.47. The van der Waals surface area contributed by atoms with E-state index in [1.54, 1.807) is 20.4 Å². The summed E-state index contributed by atoms with van der Waals surface area (Å²) in [7, 11) is 3.22. The number of carboxylic acids is 1. The molecule has 0 fully saturated rings. The number of methoxy groups -OCH3 is 1. The second-order valence-electron chi connectivity index (χ2n) is 8.00. The summed E-state index contributed by atoms with van der Waals surface area (Å²) < 4.78 is 5.44. The lowest BCUT2D eigenvalue weighted by molar-refractivity contribution is -0.140. The number of aliphatic carboxylic acids is 1. The Kier molecular flexibility index (Phi) is 7.52. The number of aromatic nitrogens is 2. The molecule has 2 aromatic carbocycles. The van der Waals surface area contributed by atoms with Crippen LogP contribution in [-0.2, 0) is 16.0 Å². The maximum absolute atomic E-state index is 13.3. The topological polar surface area (TPSA) is 92.6 Å². The van der Waals surface area contributed by atoms with Crippen LogP contribution < -0.4 is 9.64 Å². The molecule has 0 spiro atoms. The third-order valence-corrected chi connectivity index (χ3v) is 6.58. The number of pyridine rings is 1. The van der Waals surface area contributed by atoms with Gasteiger partial charge in [0.2, 0.25) is 11.8 Å². The van der Waals surface area contributed by atoms with E-state index in [-0.39, 0.29) is 12.3 Å². The predicted molar refractivity (Wildman–Crippen MR) is 137 cm³/mol. The molecule has 35 heavy (non-hydrogen) atoms. The zero-order valence-corrected chi connectivity index (χ0v) is 20.2. The van der Waals surface area contributed by atoms with E-state index in [0.29, 0.717) is 23.1 Å². The third-order valence-electron chi connectivity index (χ3n) is 5.66. The third kappa shape index (κ3) is 5.55. The molecule has 2 aromatic heterocycles. The van der Waals surface area contributed by atoms with Crippen LogP contribution in [0.15, 0.2) is 78.3 Å². The first-order valence-corrected chi connectivity index (χ1v) is 11.9. The molecule has 0 aliphatic rings. The molecule has 0 saturated heterocycles. The number of thiazole rings is 1. The van der Waals surface area contributed by atoms with Crippen molar-refractivity contribution in [1.82, 2.24) is 9.97 Å². The standard InChI is InChI=1S/C27H25N3O4S/c1-30(26(33)19(16-24(31)32)15-18-9-4-3-5-10-18)27-29-23(17-35-27)21-12-7-6-11-20(21)22-13-8-14-28-25(22)34-2/h3-14,17,19H,15-16H2,1-2H3,(H,31,32)/t19-/m1/s1. The van der Waals surface area contributed by atoms with E-state index < -0.39 is 11.9 Å². The van der Waals surface area contributed by atoms with E-state index in [1.165, 1.54) is 16.2 Å². The molecule has 178 valence electrons. The summed E-state index contributed by atoms with van der Waals surface area (Å²) in [5, 5.41) is 11.8. The molecule has 0 aliphatic carbocycles. The van der Waals surface area contributed by atoms with Crippen molar-refractivity contribution >= 4 is 28.3 Å². The van der Waals surface area contributed by atoms with Crippen molar-refractivity contribution in [2.75, 3.05) is 19.1 Å². The normalized spacial score (nSPS) is 11.6. The summed E-state index contributed by atoms with van der Waals surface area (Å²) in [6, 6.07) is 21.0. The van der Waals surface area contributed by atoms with Gasteiger partial charge in [0.15, 0.2) is 5.13 Å². The first-order valence-electron chi connectivity index (χ1n) is 11.1. The molecule has 0 unspecified atom stereocenters. The van der Waals surface area contributed by atoms with Crippen molar-refractivity contribution in [3.05, 3.63) is 83.9 Å². The van der Waals surface area contributed by atoms with E-state index in [4.69, 9.17) is 9.72 Å².